The first-order valence-corrected chi connectivity index (χ1v) is 8.21. The van der Waals surface area contributed by atoms with E-state index < -0.39 is 0 Å². The van der Waals surface area contributed by atoms with Gasteiger partial charge in [0.25, 0.3) is 0 Å². The summed E-state index contributed by atoms with van der Waals surface area (Å²) in [5.41, 5.74) is 2.76. The number of nitrogens with zero attached hydrogens (tertiary/aromatic N) is 3. The van der Waals surface area contributed by atoms with Crippen molar-refractivity contribution < 1.29 is 0 Å². The Hall–Kier alpha value is -1.94. The van der Waals surface area contributed by atoms with Crippen molar-refractivity contribution >= 4 is 5.82 Å². The molecule has 116 valence electrons. The average Bonchev–Trinajstić information content (AvgIpc) is 2.84. The van der Waals surface area contributed by atoms with Crippen LogP contribution in [0.15, 0.2) is 42.9 Å². The van der Waals surface area contributed by atoms with E-state index in [2.05, 4.69) is 44.5 Å². The third kappa shape index (κ3) is 4.28. The SMILES string of the molecule is c1ccc(CN2CCCCCC2)c(CNc2cnccn2)c1. The molecule has 4 nitrogen and oxygen atoms in total. The Kier molecular flexibility index (Phi) is 5.37. The van der Waals surface area contributed by atoms with Gasteiger partial charge < -0.3 is 5.32 Å². The van der Waals surface area contributed by atoms with Crippen molar-refractivity contribution in [3.05, 3.63) is 54.0 Å². The Labute approximate surface area is 132 Å². The van der Waals surface area contributed by atoms with E-state index in [1.165, 1.54) is 49.9 Å². The van der Waals surface area contributed by atoms with Gasteiger partial charge in [-0.1, -0.05) is 37.1 Å². The Balaban J connectivity index is 1.64. The van der Waals surface area contributed by atoms with E-state index in [1.807, 2.05) is 0 Å². The van der Waals surface area contributed by atoms with Crippen molar-refractivity contribution in [1.29, 1.82) is 0 Å². The van der Waals surface area contributed by atoms with Crippen LogP contribution in [0.3, 0.4) is 0 Å². The fraction of sp³-hybridized carbons (Fsp3) is 0.444. The maximum absolute atomic E-state index is 4.27. The van der Waals surface area contributed by atoms with Crippen molar-refractivity contribution in [2.24, 2.45) is 0 Å². The second kappa shape index (κ2) is 7.90. The fourth-order valence-electron chi connectivity index (χ4n) is 3.00. The molecule has 1 aliphatic heterocycles. The van der Waals surface area contributed by atoms with Crippen LogP contribution in [0.5, 0.6) is 0 Å². The minimum absolute atomic E-state index is 0.794. The molecule has 1 fully saturated rings. The van der Waals surface area contributed by atoms with Gasteiger partial charge in [0.1, 0.15) is 5.82 Å². The largest absolute Gasteiger partial charge is 0.365 e. The van der Waals surface area contributed by atoms with E-state index in [9.17, 15) is 0 Å². The van der Waals surface area contributed by atoms with E-state index in [1.54, 1.807) is 18.6 Å². The molecule has 0 unspecified atom stereocenters. The van der Waals surface area contributed by atoms with Gasteiger partial charge >= 0.3 is 0 Å². The van der Waals surface area contributed by atoms with Crippen molar-refractivity contribution in [3.63, 3.8) is 0 Å². The first-order valence-electron chi connectivity index (χ1n) is 8.21. The molecular weight excluding hydrogens is 272 g/mol. The van der Waals surface area contributed by atoms with E-state index in [4.69, 9.17) is 0 Å². The highest BCUT2D eigenvalue weighted by Gasteiger charge is 2.11. The van der Waals surface area contributed by atoms with Crippen molar-refractivity contribution in [1.82, 2.24) is 14.9 Å². The number of hydrogen-bond donors (Lipinski definition) is 1. The normalized spacial score (nSPS) is 16.2. The maximum atomic E-state index is 4.27. The lowest BCUT2D eigenvalue weighted by molar-refractivity contribution is 0.276. The highest BCUT2D eigenvalue weighted by molar-refractivity contribution is 5.35. The van der Waals surface area contributed by atoms with Gasteiger partial charge in [-0.25, -0.2) is 4.98 Å². The first kappa shape index (κ1) is 15.0. The summed E-state index contributed by atoms with van der Waals surface area (Å²) in [4.78, 5) is 10.9. The van der Waals surface area contributed by atoms with Gasteiger partial charge in [-0.05, 0) is 37.1 Å². The number of hydrogen-bond acceptors (Lipinski definition) is 4. The van der Waals surface area contributed by atoms with Crippen LogP contribution in [-0.4, -0.2) is 28.0 Å². The summed E-state index contributed by atoms with van der Waals surface area (Å²) < 4.78 is 0. The fourth-order valence-corrected chi connectivity index (χ4v) is 3.00. The Morgan fingerprint density at radius 2 is 1.73 bits per heavy atom. The minimum Gasteiger partial charge on any atom is -0.365 e. The smallest absolute Gasteiger partial charge is 0.144 e. The molecule has 22 heavy (non-hydrogen) atoms. The van der Waals surface area contributed by atoms with Gasteiger partial charge in [0.2, 0.25) is 0 Å². The lowest BCUT2D eigenvalue weighted by Crippen LogP contribution is -2.24. The summed E-state index contributed by atoms with van der Waals surface area (Å²) in [6.07, 6.45) is 10.6. The lowest BCUT2D eigenvalue weighted by atomic mass is 10.1. The van der Waals surface area contributed by atoms with Crippen LogP contribution >= 0.6 is 0 Å². The highest BCUT2D eigenvalue weighted by atomic mass is 15.1. The second-order valence-electron chi connectivity index (χ2n) is 5.90. The van der Waals surface area contributed by atoms with E-state index in [-0.39, 0.29) is 0 Å². The third-order valence-electron chi connectivity index (χ3n) is 4.23. The zero-order valence-corrected chi connectivity index (χ0v) is 13.0. The molecular formula is C18H24N4. The van der Waals surface area contributed by atoms with Crippen molar-refractivity contribution in [3.8, 4) is 0 Å². The van der Waals surface area contributed by atoms with E-state index >= 15 is 0 Å². The Morgan fingerprint density at radius 1 is 0.955 bits per heavy atom. The molecule has 1 N–H and O–H groups in total. The molecule has 2 heterocycles. The molecule has 0 amide bonds. The Morgan fingerprint density at radius 3 is 2.45 bits per heavy atom. The van der Waals surface area contributed by atoms with Crippen molar-refractivity contribution in [2.75, 3.05) is 18.4 Å². The number of rotatable bonds is 5. The molecule has 0 radical (unpaired) electrons. The first-order chi connectivity index (χ1) is 10.9. The molecule has 0 atom stereocenters. The minimum atomic E-state index is 0.794. The molecule has 4 heteroatoms. The zero-order chi connectivity index (χ0) is 15.0. The number of likely N-dealkylation sites (tertiary alicyclic amines) is 1. The Bertz CT molecular complexity index is 562. The van der Waals surface area contributed by atoms with Crippen LogP contribution in [0, 0.1) is 0 Å². The predicted octanol–water partition coefficient (Wildman–Crippen LogP) is 3.46. The van der Waals surface area contributed by atoms with Crippen LogP contribution in [0.1, 0.15) is 36.8 Å². The summed E-state index contributed by atoms with van der Waals surface area (Å²) in [5, 5.41) is 3.36. The number of aromatic nitrogens is 2. The monoisotopic (exact) mass is 296 g/mol. The molecule has 1 aromatic carbocycles. The van der Waals surface area contributed by atoms with Crippen LogP contribution < -0.4 is 5.32 Å². The summed E-state index contributed by atoms with van der Waals surface area (Å²) >= 11 is 0. The van der Waals surface area contributed by atoms with Crippen molar-refractivity contribution in [2.45, 2.75) is 38.8 Å². The summed E-state index contributed by atoms with van der Waals surface area (Å²) in [6, 6.07) is 8.70. The van der Waals surface area contributed by atoms with Crippen LogP contribution in [0.25, 0.3) is 0 Å². The molecule has 1 saturated heterocycles. The zero-order valence-electron chi connectivity index (χ0n) is 13.0. The predicted molar refractivity (Wildman–Crippen MR) is 89.5 cm³/mol. The van der Waals surface area contributed by atoms with E-state index in [0.29, 0.717) is 0 Å². The van der Waals surface area contributed by atoms with Gasteiger partial charge in [0, 0.05) is 25.5 Å². The molecule has 2 aromatic rings. The number of anilines is 1. The topological polar surface area (TPSA) is 41.0 Å². The summed E-state index contributed by atoms with van der Waals surface area (Å²) in [6.45, 7) is 4.30. The van der Waals surface area contributed by atoms with Gasteiger partial charge in [0.05, 0.1) is 6.20 Å². The van der Waals surface area contributed by atoms with Gasteiger partial charge in [-0.15, -0.1) is 0 Å². The standard InChI is InChI=1S/C18H24N4/c1-2-6-12-22(11-5-1)15-17-8-4-3-7-16(17)13-21-18-14-19-9-10-20-18/h3-4,7-10,14H,1-2,5-6,11-13,15H2,(H,20,21). The third-order valence-corrected chi connectivity index (χ3v) is 4.23. The van der Waals surface area contributed by atoms with Crippen LogP contribution in [0.4, 0.5) is 5.82 Å². The summed E-state index contributed by atoms with van der Waals surface area (Å²) in [5.74, 6) is 0.826. The number of nitrogens with one attached hydrogen (secondary N) is 1. The van der Waals surface area contributed by atoms with Crippen LogP contribution in [0.2, 0.25) is 0 Å². The quantitative estimate of drug-likeness (QED) is 0.917. The average molecular weight is 296 g/mol. The molecule has 1 aliphatic rings. The molecule has 3 rings (SSSR count). The highest BCUT2D eigenvalue weighted by Crippen LogP contribution is 2.17. The van der Waals surface area contributed by atoms with Gasteiger partial charge in [-0.2, -0.15) is 0 Å². The van der Waals surface area contributed by atoms with E-state index in [0.717, 1.165) is 18.9 Å². The maximum Gasteiger partial charge on any atom is 0.144 e. The molecule has 0 spiro atoms. The summed E-state index contributed by atoms with van der Waals surface area (Å²) in [7, 11) is 0. The van der Waals surface area contributed by atoms with Crippen LogP contribution in [-0.2, 0) is 13.1 Å². The molecule has 0 saturated carbocycles. The molecule has 0 bridgehead atoms. The molecule has 1 aromatic heterocycles. The molecule has 0 aliphatic carbocycles. The number of benzene rings is 1. The lowest BCUT2D eigenvalue weighted by Gasteiger charge is -2.21. The van der Waals surface area contributed by atoms with Gasteiger partial charge in [0.15, 0.2) is 0 Å². The van der Waals surface area contributed by atoms with Gasteiger partial charge in [-0.3, -0.25) is 9.88 Å². The second-order valence-corrected chi connectivity index (χ2v) is 5.90.